The smallest absolute Gasteiger partial charge is 0.252 e. The maximum atomic E-state index is 11.7. The number of nitrogens with zero attached hydrogens (tertiary/aromatic N) is 1. The van der Waals surface area contributed by atoms with Gasteiger partial charge in [0.15, 0.2) is 0 Å². The van der Waals surface area contributed by atoms with Gasteiger partial charge in [-0.25, -0.2) is 4.98 Å². The van der Waals surface area contributed by atoms with Gasteiger partial charge in [0.2, 0.25) is 0 Å². The lowest BCUT2D eigenvalue weighted by Gasteiger charge is -2.01. The number of aryl methyl sites for hydroxylation is 1. The molecule has 0 aromatic carbocycles. The fraction of sp³-hybridized carbons (Fsp3) is 0.273. The topological polar surface area (TPSA) is 42.0 Å². The Hall–Kier alpha value is -0.720. The van der Waals surface area contributed by atoms with Gasteiger partial charge in [-0.05, 0) is 28.9 Å². The van der Waals surface area contributed by atoms with Gasteiger partial charge in [-0.15, -0.1) is 22.7 Å². The molecule has 0 aliphatic rings. The van der Waals surface area contributed by atoms with Gasteiger partial charge >= 0.3 is 0 Å². The molecule has 0 saturated carbocycles. The molecule has 2 aromatic heterocycles. The number of aromatic nitrogens is 1. The molecule has 0 aliphatic carbocycles. The molecule has 6 heteroatoms. The van der Waals surface area contributed by atoms with Crippen molar-refractivity contribution in [3.63, 3.8) is 0 Å². The third-order valence-corrected chi connectivity index (χ3v) is 4.65. The SMILES string of the molecule is Cc1csc(CCNC(=O)c2csc(Br)c2)n1. The number of nitrogens with one attached hydrogen (secondary N) is 1. The van der Waals surface area contributed by atoms with Crippen LogP contribution in [0, 0.1) is 6.92 Å². The first kappa shape index (κ1) is 12.7. The number of thiophene rings is 1. The highest BCUT2D eigenvalue weighted by atomic mass is 79.9. The van der Waals surface area contributed by atoms with Gasteiger partial charge < -0.3 is 5.32 Å². The summed E-state index contributed by atoms with van der Waals surface area (Å²) in [5, 5.41) is 7.81. The summed E-state index contributed by atoms with van der Waals surface area (Å²) in [6, 6.07) is 1.83. The highest BCUT2D eigenvalue weighted by Crippen LogP contribution is 2.20. The lowest BCUT2D eigenvalue weighted by molar-refractivity contribution is 0.0954. The third-order valence-electron chi connectivity index (χ3n) is 2.12. The van der Waals surface area contributed by atoms with E-state index in [1.54, 1.807) is 11.3 Å². The second-order valence-corrected chi connectivity index (χ2v) is 6.76. The molecule has 90 valence electrons. The molecular formula is C11H11BrN2OS2. The fourth-order valence-electron chi connectivity index (χ4n) is 1.33. The standard InChI is InChI=1S/C11H11BrN2OS2/c1-7-5-17-10(14-7)2-3-13-11(15)8-4-9(12)16-6-8/h4-6H,2-3H2,1H3,(H,13,15). The maximum absolute atomic E-state index is 11.7. The van der Waals surface area contributed by atoms with Crippen molar-refractivity contribution in [1.82, 2.24) is 10.3 Å². The average molecular weight is 331 g/mol. The zero-order valence-corrected chi connectivity index (χ0v) is 12.4. The van der Waals surface area contributed by atoms with E-state index in [0.29, 0.717) is 12.1 Å². The van der Waals surface area contributed by atoms with Gasteiger partial charge in [0, 0.05) is 29.4 Å². The normalized spacial score (nSPS) is 10.5. The first-order chi connectivity index (χ1) is 8.15. The summed E-state index contributed by atoms with van der Waals surface area (Å²) in [5.41, 5.74) is 1.75. The van der Waals surface area contributed by atoms with Crippen LogP contribution < -0.4 is 5.32 Å². The minimum Gasteiger partial charge on any atom is -0.352 e. The molecular weight excluding hydrogens is 320 g/mol. The minimum atomic E-state index is -0.0276. The van der Waals surface area contributed by atoms with E-state index in [0.717, 1.165) is 20.9 Å². The highest BCUT2D eigenvalue weighted by molar-refractivity contribution is 9.11. The van der Waals surface area contributed by atoms with Crippen LogP contribution in [0.15, 0.2) is 20.6 Å². The quantitative estimate of drug-likeness (QED) is 0.934. The third kappa shape index (κ3) is 3.62. The number of hydrogen-bond donors (Lipinski definition) is 1. The van der Waals surface area contributed by atoms with Crippen LogP contribution in [-0.2, 0) is 6.42 Å². The molecule has 0 radical (unpaired) electrons. The molecule has 1 N–H and O–H groups in total. The van der Waals surface area contributed by atoms with Crippen molar-refractivity contribution in [2.75, 3.05) is 6.54 Å². The minimum absolute atomic E-state index is 0.0276. The molecule has 0 fully saturated rings. The molecule has 0 atom stereocenters. The van der Waals surface area contributed by atoms with E-state index in [9.17, 15) is 4.79 Å². The molecule has 0 unspecified atom stereocenters. The van der Waals surface area contributed by atoms with Crippen molar-refractivity contribution >= 4 is 44.5 Å². The molecule has 2 rings (SSSR count). The Labute approximate surface area is 116 Å². The molecule has 1 amide bonds. The Kier molecular flexibility index (Phi) is 4.31. The predicted octanol–water partition coefficient (Wildman–Crippen LogP) is 3.25. The average Bonchev–Trinajstić information content (AvgIpc) is 2.88. The summed E-state index contributed by atoms with van der Waals surface area (Å²) < 4.78 is 0.971. The van der Waals surface area contributed by atoms with Gasteiger partial charge in [0.05, 0.1) is 14.4 Å². The largest absolute Gasteiger partial charge is 0.352 e. The van der Waals surface area contributed by atoms with E-state index >= 15 is 0 Å². The summed E-state index contributed by atoms with van der Waals surface area (Å²) in [7, 11) is 0. The number of carbonyl (C=O) groups is 1. The number of amides is 1. The molecule has 3 nitrogen and oxygen atoms in total. The molecule has 0 spiro atoms. The van der Waals surface area contributed by atoms with Gasteiger partial charge in [-0.1, -0.05) is 0 Å². The molecule has 0 saturated heterocycles. The monoisotopic (exact) mass is 330 g/mol. The Morgan fingerprint density at radius 3 is 2.88 bits per heavy atom. The van der Waals surface area contributed by atoms with Gasteiger partial charge in [-0.3, -0.25) is 4.79 Å². The zero-order chi connectivity index (χ0) is 12.3. The van der Waals surface area contributed by atoms with Crippen LogP contribution in [0.5, 0.6) is 0 Å². The van der Waals surface area contributed by atoms with Crippen LogP contribution in [0.25, 0.3) is 0 Å². The first-order valence-corrected chi connectivity index (χ1v) is 7.63. The van der Waals surface area contributed by atoms with E-state index in [2.05, 4.69) is 26.2 Å². The second kappa shape index (κ2) is 5.75. The fourth-order valence-corrected chi connectivity index (χ4v) is 3.24. The van der Waals surface area contributed by atoms with Crippen LogP contribution in [0.4, 0.5) is 0 Å². The maximum Gasteiger partial charge on any atom is 0.252 e. The van der Waals surface area contributed by atoms with E-state index in [-0.39, 0.29) is 5.91 Å². The summed E-state index contributed by atoms with van der Waals surface area (Å²) >= 11 is 6.48. The molecule has 0 aliphatic heterocycles. The number of hydrogen-bond acceptors (Lipinski definition) is 4. The summed E-state index contributed by atoms with van der Waals surface area (Å²) in [6.07, 6.45) is 0.787. The van der Waals surface area contributed by atoms with Gasteiger partial charge in [0.1, 0.15) is 0 Å². The van der Waals surface area contributed by atoms with Crippen LogP contribution in [0.3, 0.4) is 0 Å². The van der Waals surface area contributed by atoms with Crippen molar-refractivity contribution in [3.8, 4) is 0 Å². The van der Waals surface area contributed by atoms with Gasteiger partial charge in [-0.2, -0.15) is 0 Å². The molecule has 2 aromatic rings. The van der Waals surface area contributed by atoms with Crippen molar-refractivity contribution in [3.05, 3.63) is 36.9 Å². The van der Waals surface area contributed by atoms with Gasteiger partial charge in [0.25, 0.3) is 5.91 Å². The zero-order valence-electron chi connectivity index (χ0n) is 9.20. The molecule has 17 heavy (non-hydrogen) atoms. The summed E-state index contributed by atoms with van der Waals surface area (Å²) in [5.74, 6) is -0.0276. The number of carbonyl (C=O) groups excluding carboxylic acids is 1. The van der Waals surface area contributed by atoms with Crippen molar-refractivity contribution in [2.45, 2.75) is 13.3 Å². The van der Waals surface area contributed by atoms with Crippen LogP contribution >= 0.6 is 38.6 Å². The number of halogens is 1. The van der Waals surface area contributed by atoms with E-state index < -0.39 is 0 Å². The lowest BCUT2D eigenvalue weighted by Crippen LogP contribution is -2.25. The van der Waals surface area contributed by atoms with Crippen molar-refractivity contribution in [2.24, 2.45) is 0 Å². The highest BCUT2D eigenvalue weighted by Gasteiger charge is 2.07. The van der Waals surface area contributed by atoms with E-state index in [4.69, 9.17) is 0 Å². The number of rotatable bonds is 4. The first-order valence-electron chi connectivity index (χ1n) is 5.08. The number of thiazole rings is 1. The lowest BCUT2D eigenvalue weighted by atomic mass is 10.3. The van der Waals surface area contributed by atoms with E-state index in [1.165, 1.54) is 11.3 Å². The van der Waals surface area contributed by atoms with Crippen LogP contribution in [-0.4, -0.2) is 17.4 Å². The molecule has 0 bridgehead atoms. The Bertz CT molecular complexity index is 521. The summed E-state index contributed by atoms with van der Waals surface area (Å²) in [6.45, 7) is 2.60. The van der Waals surface area contributed by atoms with Crippen molar-refractivity contribution < 1.29 is 4.79 Å². The Balaban J connectivity index is 1.81. The molecule has 2 heterocycles. The van der Waals surface area contributed by atoms with Crippen LogP contribution in [0.1, 0.15) is 21.1 Å². The Morgan fingerprint density at radius 1 is 1.47 bits per heavy atom. The summed E-state index contributed by atoms with van der Waals surface area (Å²) in [4.78, 5) is 16.1. The van der Waals surface area contributed by atoms with Crippen molar-refractivity contribution in [1.29, 1.82) is 0 Å². The van der Waals surface area contributed by atoms with Crippen LogP contribution in [0.2, 0.25) is 0 Å². The predicted molar refractivity (Wildman–Crippen MR) is 74.9 cm³/mol. The van der Waals surface area contributed by atoms with E-state index in [1.807, 2.05) is 23.8 Å². The Morgan fingerprint density at radius 2 is 2.29 bits per heavy atom. The second-order valence-electron chi connectivity index (χ2n) is 3.53.